The van der Waals surface area contributed by atoms with Crippen LogP contribution in [0.1, 0.15) is 29.3 Å². The Balaban J connectivity index is 2.46. The van der Waals surface area contributed by atoms with E-state index in [9.17, 15) is 22.8 Å². The molecule has 1 aromatic rings. The molecular weight excluding hydrogens is 273 g/mol. The van der Waals surface area contributed by atoms with Crippen molar-refractivity contribution in [3.8, 4) is 0 Å². The van der Waals surface area contributed by atoms with E-state index in [1.54, 1.807) is 6.92 Å². The summed E-state index contributed by atoms with van der Waals surface area (Å²) >= 11 is 0. The summed E-state index contributed by atoms with van der Waals surface area (Å²) in [7, 11) is 0. The van der Waals surface area contributed by atoms with E-state index in [1.807, 2.05) is 0 Å². The van der Waals surface area contributed by atoms with Gasteiger partial charge in [-0.05, 0) is 24.3 Å². The molecule has 0 unspecified atom stereocenters. The predicted octanol–water partition coefficient (Wildman–Crippen LogP) is 1.96. The van der Waals surface area contributed by atoms with Gasteiger partial charge >= 0.3 is 6.18 Å². The zero-order valence-corrected chi connectivity index (χ0v) is 10.9. The molecular formula is C13H15F3N2O2. The number of nitrogens with one attached hydrogen (secondary N) is 2. The topological polar surface area (TPSA) is 58.2 Å². The Morgan fingerprint density at radius 1 is 1.05 bits per heavy atom. The van der Waals surface area contributed by atoms with Crippen molar-refractivity contribution in [1.82, 2.24) is 10.6 Å². The fourth-order valence-electron chi connectivity index (χ4n) is 1.42. The molecule has 0 heterocycles. The van der Waals surface area contributed by atoms with Crippen molar-refractivity contribution in [1.29, 1.82) is 0 Å². The molecule has 2 N–H and O–H groups in total. The van der Waals surface area contributed by atoms with Crippen LogP contribution < -0.4 is 10.6 Å². The average molecular weight is 288 g/mol. The van der Waals surface area contributed by atoms with Gasteiger partial charge in [0, 0.05) is 25.1 Å². The minimum absolute atomic E-state index is 0.131. The van der Waals surface area contributed by atoms with Crippen LogP contribution in [0.4, 0.5) is 13.2 Å². The number of amides is 2. The first-order valence-electron chi connectivity index (χ1n) is 6.06. The van der Waals surface area contributed by atoms with Crippen LogP contribution in [0.3, 0.4) is 0 Å². The van der Waals surface area contributed by atoms with Crippen LogP contribution in [0.5, 0.6) is 0 Å². The molecule has 1 rings (SSSR count). The van der Waals surface area contributed by atoms with E-state index in [0.717, 1.165) is 24.3 Å². The van der Waals surface area contributed by atoms with Crippen LogP contribution in [0.15, 0.2) is 24.3 Å². The molecule has 0 aliphatic rings. The normalized spacial score (nSPS) is 11.0. The van der Waals surface area contributed by atoms with Gasteiger partial charge in [-0.2, -0.15) is 13.2 Å². The summed E-state index contributed by atoms with van der Waals surface area (Å²) in [5.74, 6) is -0.613. The number of hydrogen-bond acceptors (Lipinski definition) is 2. The summed E-state index contributed by atoms with van der Waals surface area (Å²) in [6.45, 7) is 2.20. The molecule has 1 aromatic carbocycles. The zero-order chi connectivity index (χ0) is 15.2. The molecule has 2 amide bonds. The summed E-state index contributed by atoms with van der Waals surface area (Å²) < 4.78 is 37.0. The van der Waals surface area contributed by atoms with Crippen LogP contribution in [0.2, 0.25) is 0 Å². The molecule has 0 saturated carbocycles. The van der Waals surface area contributed by atoms with Gasteiger partial charge in [0.2, 0.25) is 5.91 Å². The molecule has 4 nitrogen and oxygen atoms in total. The van der Waals surface area contributed by atoms with Gasteiger partial charge < -0.3 is 10.6 Å². The Bertz CT molecular complexity index is 469. The van der Waals surface area contributed by atoms with Crippen molar-refractivity contribution in [3.63, 3.8) is 0 Å². The molecule has 0 aliphatic carbocycles. The van der Waals surface area contributed by atoms with E-state index >= 15 is 0 Å². The third-order valence-electron chi connectivity index (χ3n) is 2.53. The van der Waals surface area contributed by atoms with Crippen LogP contribution in [-0.4, -0.2) is 24.9 Å². The highest BCUT2D eigenvalue weighted by molar-refractivity contribution is 5.94. The lowest BCUT2D eigenvalue weighted by Gasteiger charge is -2.08. The second-order valence-electron chi connectivity index (χ2n) is 4.03. The SMILES string of the molecule is CCC(=O)NCCNC(=O)c1ccc(C(F)(F)F)cc1. The van der Waals surface area contributed by atoms with Crippen molar-refractivity contribution in [3.05, 3.63) is 35.4 Å². The van der Waals surface area contributed by atoms with Crippen molar-refractivity contribution in [2.24, 2.45) is 0 Å². The lowest BCUT2D eigenvalue weighted by molar-refractivity contribution is -0.137. The largest absolute Gasteiger partial charge is 0.416 e. The molecule has 7 heteroatoms. The van der Waals surface area contributed by atoms with Gasteiger partial charge in [0.25, 0.3) is 5.91 Å². The number of hydrogen-bond donors (Lipinski definition) is 2. The highest BCUT2D eigenvalue weighted by atomic mass is 19.4. The van der Waals surface area contributed by atoms with Crippen LogP contribution in [-0.2, 0) is 11.0 Å². The Kier molecular flexibility index (Phi) is 5.54. The first kappa shape index (κ1) is 16.0. The van der Waals surface area contributed by atoms with Crippen molar-refractivity contribution >= 4 is 11.8 Å². The molecule has 0 aromatic heterocycles. The number of halogens is 3. The summed E-state index contributed by atoms with van der Waals surface area (Å²) in [6, 6.07) is 3.94. The van der Waals surface area contributed by atoms with Gasteiger partial charge in [0.05, 0.1) is 5.56 Å². The van der Waals surface area contributed by atoms with Crippen molar-refractivity contribution < 1.29 is 22.8 Å². The van der Waals surface area contributed by atoms with Crippen LogP contribution in [0.25, 0.3) is 0 Å². The number of benzene rings is 1. The molecule has 0 spiro atoms. The van der Waals surface area contributed by atoms with Gasteiger partial charge in [0.15, 0.2) is 0 Å². The molecule has 0 fully saturated rings. The van der Waals surface area contributed by atoms with E-state index in [-0.39, 0.29) is 24.6 Å². The molecule has 0 atom stereocenters. The summed E-state index contributed by atoms with van der Waals surface area (Å²) in [6.07, 6.45) is -4.06. The highest BCUT2D eigenvalue weighted by Crippen LogP contribution is 2.28. The number of carbonyl (C=O) groups is 2. The first-order valence-corrected chi connectivity index (χ1v) is 6.06. The number of alkyl halides is 3. The standard InChI is InChI=1S/C13H15F3N2O2/c1-2-11(19)17-7-8-18-12(20)9-3-5-10(6-4-9)13(14,15)16/h3-6H,2,7-8H2,1H3,(H,17,19)(H,18,20). The maximum absolute atomic E-state index is 12.3. The molecule has 20 heavy (non-hydrogen) atoms. The van der Waals surface area contributed by atoms with Crippen LogP contribution >= 0.6 is 0 Å². The highest BCUT2D eigenvalue weighted by Gasteiger charge is 2.30. The minimum Gasteiger partial charge on any atom is -0.354 e. The minimum atomic E-state index is -4.42. The second-order valence-corrected chi connectivity index (χ2v) is 4.03. The molecule has 110 valence electrons. The molecule has 0 aliphatic heterocycles. The van der Waals surface area contributed by atoms with Crippen LogP contribution in [0, 0.1) is 0 Å². The fourth-order valence-corrected chi connectivity index (χ4v) is 1.42. The summed E-state index contributed by atoms with van der Waals surface area (Å²) in [5, 5.41) is 5.07. The van der Waals surface area contributed by atoms with Gasteiger partial charge in [-0.1, -0.05) is 6.92 Å². The lowest BCUT2D eigenvalue weighted by Crippen LogP contribution is -2.34. The van der Waals surface area contributed by atoms with E-state index < -0.39 is 17.6 Å². The quantitative estimate of drug-likeness (QED) is 0.814. The second kappa shape index (κ2) is 6.93. The lowest BCUT2D eigenvalue weighted by atomic mass is 10.1. The average Bonchev–Trinajstić information content (AvgIpc) is 2.42. The Hall–Kier alpha value is -2.05. The zero-order valence-electron chi connectivity index (χ0n) is 10.9. The third-order valence-corrected chi connectivity index (χ3v) is 2.53. The molecule has 0 saturated heterocycles. The summed E-state index contributed by atoms with van der Waals surface area (Å²) in [4.78, 5) is 22.5. The van der Waals surface area contributed by atoms with Gasteiger partial charge in [-0.15, -0.1) is 0 Å². The number of carbonyl (C=O) groups excluding carboxylic acids is 2. The van der Waals surface area contributed by atoms with Gasteiger partial charge in [-0.3, -0.25) is 9.59 Å². The van der Waals surface area contributed by atoms with Gasteiger partial charge in [0.1, 0.15) is 0 Å². The first-order chi connectivity index (χ1) is 9.34. The number of rotatable bonds is 5. The van der Waals surface area contributed by atoms with Crippen molar-refractivity contribution in [2.45, 2.75) is 19.5 Å². The Morgan fingerprint density at radius 3 is 2.10 bits per heavy atom. The molecule has 0 bridgehead atoms. The predicted molar refractivity (Wildman–Crippen MR) is 67.1 cm³/mol. The van der Waals surface area contributed by atoms with E-state index in [2.05, 4.69) is 10.6 Å². The summed E-state index contributed by atoms with van der Waals surface area (Å²) in [5.41, 5.74) is -0.663. The monoisotopic (exact) mass is 288 g/mol. The van der Waals surface area contributed by atoms with Gasteiger partial charge in [-0.25, -0.2) is 0 Å². The van der Waals surface area contributed by atoms with E-state index in [0.29, 0.717) is 6.42 Å². The third kappa shape index (κ3) is 4.91. The maximum atomic E-state index is 12.3. The Morgan fingerprint density at radius 2 is 1.60 bits per heavy atom. The smallest absolute Gasteiger partial charge is 0.354 e. The fraction of sp³-hybridized carbons (Fsp3) is 0.385. The Labute approximate surface area is 114 Å². The molecule has 0 radical (unpaired) electrons. The van der Waals surface area contributed by atoms with E-state index in [4.69, 9.17) is 0 Å². The van der Waals surface area contributed by atoms with E-state index in [1.165, 1.54) is 0 Å². The maximum Gasteiger partial charge on any atom is 0.416 e. The van der Waals surface area contributed by atoms with Crippen molar-refractivity contribution in [2.75, 3.05) is 13.1 Å².